The average Bonchev–Trinajstić information content (AvgIpc) is 2.01. The van der Waals surface area contributed by atoms with E-state index < -0.39 is 0 Å². The van der Waals surface area contributed by atoms with Crippen LogP contribution < -0.4 is 5.32 Å². The monoisotopic (exact) mass is 199 g/mol. The van der Waals surface area contributed by atoms with Gasteiger partial charge >= 0.3 is 5.97 Å². The van der Waals surface area contributed by atoms with Crippen molar-refractivity contribution in [3.05, 3.63) is 0 Å². The number of ether oxygens (including phenoxy) is 1. The summed E-state index contributed by atoms with van der Waals surface area (Å²) in [5.41, 5.74) is -0.367. The van der Waals surface area contributed by atoms with Crippen LogP contribution in [0.1, 0.15) is 40.5 Å². The molecule has 3 heteroatoms. The highest BCUT2D eigenvalue weighted by atomic mass is 16.6. The Morgan fingerprint density at radius 1 is 1.43 bits per heavy atom. The molecule has 1 aliphatic heterocycles. The van der Waals surface area contributed by atoms with Gasteiger partial charge in [0.05, 0.1) is 5.92 Å². The molecule has 0 aromatic rings. The van der Waals surface area contributed by atoms with Gasteiger partial charge in [0.25, 0.3) is 0 Å². The van der Waals surface area contributed by atoms with Crippen molar-refractivity contribution < 1.29 is 9.53 Å². The number of piperidine rings is 1. The first kappa shape index (κ1) is 11.5. The zero-order valence-corrected chi connectivity index (χ0v) is 9.59. The Bertz CT molecular complexity index is 208. The largest absolute Gasteiger partial charge is 0.460 e. The van der Waals surface area contributed by atoms with Crippen LogP contribution in [0.3, 0.4) is 0 Å². The molecule has 14 heavy (non-hydrogen) atoms. The number of hydrogen-bond acceptors (Lipinski definition) is 3. The minimum atomic E-state index is -0.367. The number of hydrogen-bond donors (Lipinski definition) is 1. The molecule has 0 aromatic heterocycles. The molecule has 0 aliphatic carbocycles. The van der Waals surface area contributed by atoms with E-state index in [1.807, 2.05) is 27.7 Å². The van der Waals surface area contributed by atoms with Gasteiger partial charge in [0.2, 0.25) is 0 Å². The summed E-state index contributed by atoms with van der Waals surface area (Å²) in [6.07, 6.45) is 2.01. The highest BCUT2D eigenvalue weighted by molar-refractivity contribution is 5.73. The van der Waals surface area contributed by atoms with Crippen LogP contribution in [0.2, 0.25) is 0 Å². The molecule has 0 saturated carbocycles. The van der Waals surface area contributed by atoms with E-state index in [1.54, 1.807) is 0 Å². The summed E-state index contributed by atoms with van der Waals surface area (Å²) in [6, 6.07) is 0.249. The van der Waals surface area contributed by atoms with Crippen molar-refractivity contribution in [3.63, 3.8) is 0 Å². The van der Waals surface area contributed by atoms with E-state index in [0.29, 0.717) is 0 Å². The minimum Gasteiger partial charge on any atom is -0.460 e. The standard InChI is InChI=1S/C11H21NO2/c1-8-9(6-5-7-12-8)10(13)14-11(2,3)4/h8-9,12H,5-7H2,1-4H3/t8-,9+/m1/s1. The molecular formula is C11H21NO2. The fourth-order valence-electron chi connectivity index (χ4n) is 1.74. The van der Waals surface area contributed by atoms with Crippen LogP contribution in [0.4, 0.5) is 0 Å². The molecule has 0 radical (unpaired) electrons. The first-order valence-electron chi connectivity index (χ1n) is 5.36. The number of carbonyl (C=O) groups is 1. The minimum absolute atomic E-state index is 0.0305. The van der Waals surface area contributed by atoms with Gasteiger partial charge in [-0.2, -0.15) is 0 Å². The summed E-state index contributed by atoms with van der Waals surface area (Å²) in [6.45, 7) is 8.79. The van der Waals surface area contributed by atoms with Crippen molar-refractivity contribution >= 4 is 5.97 Å². The van der Waals surface area contributed by atoms with Crippen molar-refractivity contribution in [2.24, 2.45) is 5.92 Å². The summed E-state index contributed by atoms with van der Waals surface area (Å²) in [5, 5.41) is 3.30. The fraction of sp³-hybridized carbons (Fsp3) is 0.909. The lowest BCUT2D eigenvalue weighted by Crippen LogP contribution is -2.44. The molecule has 0 spiro atoms. The summed E-state index contributed by atoms with van der Waals surface area (Å²) in [5.74, 6) is -0.0276. The Morgan fingerprint density at radius 3 is 2.57 bits per heavy atom. The van der Waals surface area contributed by atoms with Crippen LogP contribution in [0.5, 0.6) is 0 Å². The van der Waals surface area contributed by atoms with Crippen LogP contribution in [0.15, 0.2) is 0 Å². The van der Waals surface area contributed by atoms with E-state index in [2.05, 4.69) is 5.32 Å². The third kappa shape index (κ3) is 3.29. The summed E-state index contributed by atoms with van der Waals surface area (Å²) in [7, 11) is 0. The normalized spacial score (nSPS) is 28.6. The molecule has 1 heterocycles. The second kappa shape index (κ2) is 4.30. The predicted octanol–water partition coefficient (Wildman–Crippen LogP) is 1.72. The molecule has 0 amide bonds. The van der Waals surface area contributed by atoms with Gasteiger partial charge in [-0.3, -0.25) is 4.79 Å². The van der Waals surface area contributed by atoms with Crippen LogP contribution in [0.25, 0.3) is 0 Å². The molecule has 1 fully saturated rings. The Morgan fingerprint density at radius 2 is 2.07 bits per heavy atom. The summed E-state index contributed by atoms with van der Waals surface area (Å²) < 4.78 is 5.37. The van der Waals surface area contributed by atoms with Crippen molar-refractivity contribution in [2.75, 3.05) is 6.54 Å². The Balaban J connectivity index is 2.50. The highest BCUT2D eigenvalue weighted by Gasteiger charge is 2.31. The van der Waals surface area contributed by atoms with Gasteiger partial charge in [-0.05, 0) is 47.1 Å². The van der Waals surface area contributed by atoms with Gasteiger partial charge in [-0.25, -0.2) is 0 Å². The maximum Gasteiger partial charge on any atom is 0.311 e. The molecule has 82 valence electrons. The first-order chi connectivity index (χ1) is 6.40. The lowest BCUT2D eigenvalue weighted by Gasteiger charge is -2.31. The Labute approximate surface area is 86.2 Å². The highest BCUT2D eigenvalue weighted by Crippen LogP contribution is 2.20. The lowest BCUT2D eigenvalue weighted by atomic mass is 9.92. The van der Waals surface area contributed by atoms with Crippen molar-refractivity contribution in [1.29, 1.82) is 0 Å². The molecule has 0 bridgehead atoms. The number of nitrogens with one attached hydrogen (secondary N) is 1. The zero-order chi connectivity index (χ0) is 10.8. The van der Waals surface area contributed by atoms with Gasteiger partial charge in [-0.1, -0.05) is 0 Å². The van der Waals surface area contributed by atoms with E-state index >= 15 is 0 Å². The van der Waals surface area contributed by atoms with Gasteiger partial charge in [-0.15, -0.1) is 0 Å². The topological polar surface area (TPSA) is 38.3 Å². The maximum atomic E-state index is 11.8. The molecular weight excluding hydrogens is 178 g/mol. The van der Waals surface area contributed by atoms with E-state index in [0.717, 1.165) is 19.4 Å². The number of carbonyl (C=O) groups excluding carboxylic acids is 1. The molecule has 3 nitrogen and oxygen atoms in total. The predicted molar refractivity (Wildman–Crippen MR) is 56.0 cm³/mol. The summed E-state index contributed by atoms with van der Waals surface area (Å²) in [4.78, 5) is 11.8. The molecule has 0 unspecified atom stereocenters. The molecule has 1 saturated heterocycles. The second-order valence-corrected chi connectivity index (χ2v) is 5.02. The maximum absolute atomic E-state index is 11.8. The van der Waals surface area contributed by atoms with E-state index in [1.165, 1.54) is 0 Å². The molecule has 0 aromatic carbocycles. The fourth-order valence-corrected chi connectivity index (χ4v) is 1.74. The van der Waals surface area contributed by atoms with Gasteiger partial charge in [0.1, 0.15) is 5.60 Å². The Kier molecular flexibility index (Phi) is 3.53. The number of esters is 1. The van der Waals surface area contributed by atoms with Gasteiger partial charge in [0.15, 0.2) is 0 Å². The smallest absolute Gasteiger partial charge is 0.311 e. The van der Waals surface area contributed by atoms with Crippen molar-refractivity contribution in [2.45, 2.75) is 52.2 Å². The van der Waals surface area contributed by atoms with E-state index in [9.17, 15) is 4.79 Å². The molecule has 2 atom stereocenters. The van der Waals surface area contributed by atoms with Crippen LogP contribution in [0, 0.1) is 5.92 Å². The van der Waals surface area contributed by atoms with Crippen LogP contribution in [-0.2, 0) is 9.53 Å². The third-order valence-corrected chi connectivity index (χ3v) is 2.47. The molecule has 1 aliphatic rings. The van der Waals surface area contributed by atoms with Gasteiger partial charge in [0, 0.05) is 6.04 Å². The zero-order valence-electron chi connectivity index (χ0n) is 9.59. The number of rotatable bonds is 1. The second-order valence-electron chi connectivity index (χ2n) is 5.02. The summed E-state index contributed by atoms with van der Waals surface area (Å²) >= 11 is 0. The average molecular weight is 199 g/mol. The quantitative estimate of drug-likeness (QED) is 0.653. The molecule has 1 rings (SSSR count). The van der Waals surface area contributed by atoms with E-state index in [-0.39, 0.29) is 23.5 Å². The third-order valence-electron chi connectivity index (χ3n) is 2.47. The van der Waals surface area contributed by atoms with Crippen molar-refractivity contribution in [3.8, 4) is 0 Å². The van der Waals surface area contributed by atoms with Crippen molar-refractivity contribution in [1.82, 2.24) is 5.32 Å². The SMILES string of the molecule is C[C@H]1NCCC[C@@H]1C(=O)OC(C)(C)C. The Hall–Kier alpha value is -0.570. The van der Waals surface area contributed by atoms with Gasteiger partial charge < -0.3 is 10.1 Å². The van der Waals surface area contributed by atoms with Crippen LogP contribution >= 0.6 is 0 Å². The molecule has 1 N–H and O–H groups in total. The first-order valence-corrected chi connectivity index (χ1v) is 5.36. The van der Waals surface area contributed by atoms with E-state index in [4.69, 9.17) is 4.74 Å². The lowest BCUT2D eigenvalue weighted by molar-refractivity contribution is -0.161. The van der Waals surface area contributed by atoms with Crippen LogP contribution in [-0.4, -0.2) is 24.2 Å².